The third kappa shape index (κ3) is 1.78. The molecule has 2 aromatic rings. The van der Waals surface area contributed by atoms with E-state index in [4.69, 9.17) is 11.2 Å². The van der Waals surface area contributed by atoms with Gasteiger partial charge in [0.1, 0.15) is 11.4 Å². The molecule has 0 spiro atoms. The highest BCUT2D eigenvalue weighted by Crippen LogP contribution is 2.24. The van der Waals surface area contributed by atoms with Crippen LogP contribution in [0.3, 0.4) is 0 Å². The van der Waals surface area contributed by atoms with Crippen molar-refractivity contribution in [1.82, 2.24) is 9.78 Å². The van der Waals surface area contributed by atoms with Crippen LogP contribution in [-0.4, -0.2) is 16.9 Å². The number of aryl methyl sites for hydroxylation is 1. The van der Waals surface area contributed by atoms with Crippen LogP contribution in [0, 0.1) is 12.3 Å². The minimum absolute atomic E-state index is 0.660. The minimum atomic E-state index is 0.660. The SMILES string of the molecule is C#Cc1nn(C)cc1-c1ccc(OC)cc1. The van der Waals surface area contributed by atoms with Gasteiger partial charge in [-0.05, 0) is 23.6 Å². The summed E-state index contributed by atoms with van der Waals surface area (Å²) in [7, 11) is 3.50. The molecule has 16 heavy (non-hydrogen) atoms. The van der Waals surface area contributed by atoms with E-state index in [2.05, 4.69) is 11.0 Å². The third-order valence-electron chi connectivity index (χ3n) is 2.37. The van der Waals surface area contributed by atoms with Crippen molar-refractivity contribution >= 4 is 0 Å². The fourth-order valence-corrected chi connectivity index (χ4v) is 1.58. The maximum Gasteiger partial charge on any atom is 0.142 e. The Bertz CT molecular complexity index is 532. The van der Waals surface area contributed by atoms with Gasteiger partial charge in [0.25, 0.3) is 0 Å². The Kier molecular flexibility index (Phi) is 2.65. The van der Waals surface area contributed by atoms with Crippen LogP contribution in [0.5, 0.6) is 5.75 Å². The molecule has 0 N–H and O–H groups in total. The van der Waals surface area contributed by atoms with Crippen LogP contribution in [0.4, 0.5) is 0 Å². The molecule has 0 unspecified atom stereocenters. The Morgan fingerprint density at radius 2 is 2.00 bits per heavy atom. The minimum Gasteiger partial charge on any atom is -0.497 e. The van der Waals surface area contributed by atoms with Crippen molar-refractivity contribution in [2.45, 2.75) is 0 Å². The molecule has 1 aromatic heterocycles. The molecule has 0 bridgehead atoms. The van der Waals surface area contributed by atoms with Crippen molar-refractivity contribution in [1.29, 1.82) is 0 Å². The summed E-state index contributed by atoms with van der Waals surface area (Å²) in [4.78, 5) is 0. The van der Waals surface area contributed by atoms with Crippen molar-refractivity contribution < 1.29 is 4.74 Å². The normalized spacial score (nSPS) is 9.81. The highest BCUT2D eigenvalue weighted by Gasteiger charge is 2.07. The summed E-state index contributed by atoms with van der Waals surface area (Å²) in [6.07, 6.45) is 7.32. The smallest absolute Gasteiger partial charge is 0.142 e. The van der Waals surface area contributed by atoms with Crippen LogP contribution in [0.1, 0.15) is 5.69 Å². The second-order valence-corrected chi connectivity index (χ2v) is 3.44. The van der Waals surface area contributed by atoms with E-state index in [9.17, 15) is 0 Å². The van der Waals surface area contributed by atoms with Crippen molar-refractivity contribution in [2.24, 2.45) is 7.05 Å². The molecule has 80 valence electrons. The Hall–Kier alpha value is -2.21. The first kappa shape index (κ1) is 10.3. The number of benzene rings is 1. The van der Waals surface area contributed by atoms with Crippen LogP contribution in [0.25, 0.3) is 11.1 Å². The lowest BCUT2D eigenvalue weighted by Gasteiger charge is -2.01. The Labute approximate surface area is 94.7 Å². The fourth-order valence-electron chi connectivity index (χ4n) is 1.58. The van der Waals surface area contributed by atoms with Gasteiger partial charge < -0.3 is 4.74 Å². The van der Waals surface area contributed by atoms with Crippen LogP contribution >= 0.6 is 0 Å². The third-order valence-corrected chi connectivity index (χ3v) is 2.37. The summed E-state index contributed by atoms with van der Waals surface area (Å²) in [6, 6.07) is 7.75. The average molecular weight is 212 g/mol. The molecule has 0 saturated heterocycles. The van der Waals surface area contributed by atoms with Gasteiger partial charge in [0, 0.05) is 18.8 Å². The molecule has 0 aliphatic heterocycles. The molecule has 0 amide bonds. The van der Waals surface area contributed by atoms with Crippen molar-refractivity contribution in [3.63, 3.8) is 0 Å². The Morgan fingerprint density at radius 3 is 2.56 bits per heavy atom. The lowest BCUT2D eigenvalue weighted by molar-refractivity contribution is 0.415. The lowest BCUT2D eigenvalue weighted by atomic mass is 10.1. The molecule has 1 heterocycles. The van der Waals surface area contributed by atoms with Gasteiger partial charge in [-0.1, -0.05) is 12.1 Å². The molecule has 0 fully saturated rings. The van der Waals surface area contributed by atoms with Gasteiger partial charge >= 0.3 is 0 Å². The molecule has 1 aromatic carbocycles. The van der Waals surface area contributed by atoms with Crippen LogP contribution in [0.2, 0.25) is 0 Å². The molecule has 2 rings (SSSR count). The van der Waals surface area contributed by atoms with Crippen LogP contribution in [0.15, 0.2) is 30.5 Å². The van der Waals surface area contributed by atoms with Gasteiger partial charge in [0.15, 0.2) is 0 Å². The van der Waals surface area contributed by atoms with Gasteiger partial charge in [-0.15, -0.1) is 6.42 Å². The number of nitrogens with zero attached hydrogens (tertiary/aromatic N) is 2. The van der Waals surface area contributed by atoms with E-state index < -0.39 is 0 Å². The molecule has 0 radical (unpaired) electrons. The summed E-state index contributed by atoms with van der Waals surface area (Å²) in [5, 5.41) is 4.20. The quantitative estimate of drug-likeness (QED) is 0.713. The van der Waals surface area contributed by atoms with Gasteiger partial charge in [-0.2, -0.15) is 5.10 Å². The zero-order valence-corrected chi connectivity index (χ0v) is 9.27. The summed E-state index contributed by atoms with van der Waals surface area (Å²) in [5.41, 5.74) is 2.67. The Morgan fingerprint density at radius 1 is 1.31 bits per heavy atom. The maximum absolute atomic E-state index is 5.41. The van der Waals surface area contributed by atoms with E-state index in [1.165, 1.54) is 0 Å². The second-order valence-electron chi connectivity index (χ2n) is 3.44. The van der Waals surface area contributed by atoms with Crippen molar-refractivity contribution in [3.8, 4) is 29.2 Å². The molecular formula is C13H12N2O. The van der Waals surface area contributed by atoms with Gasteiger partial charge in [-0.25, -0.2) is 0 Å². The number of ether oxygens (including phenoxy) is 1. The van der Waals surface area contributed by atoms with Gasteiger partial charge in [0.2, 0.25) is 0 Å². The summed E-state index contributed by atoms with van der Waals surface area (Å²) < 4.78 is 6.82. The summed E-state index contributed by atoms with van der Waals surface area (Å²) in [5.74, 6) is 3.41. The molecule has 0 aliphatic rings. The predicted octanol–water partition coefficient (Wildman–Crippen LogP) is 2.08. The van der Waals surface area contributed by atoms with Crippen molar-refractivity contribution in [2.75, 3.05) is 7.11 Å². The topological polar surface area (TPSA) is 27.1 Å². The number of hydrogen-bond donors (Lipinski definition) is 0. The molecule has 0 aliphatic carbocycles. The molecule has 3 nitrogen and oxygen atoms in total. The Balaban J connectivity index is 2.46. The van der Waals surface area contributed by atoms with Gasteiger partial charge in [-0.3, -0.25) is 4.68 Å². The van der Waals surface area contributed by atoms with E-state index in [1.807, 2.05) is 37.5 Å². The maximum atomic E-state index is 5.41. The highest BCUT2D eigenvalue weighted by atomic mass is 16.5. The molecule has 3 heteroatoms. The fraction of sp³-hybridized carbons (Fsp3) is 0.154. The summed E-state index contributed by atoms with van der Waals surface area (Å²) >= 11 is 0. The van der Waals surface area contributed by atoms with Gasteiger partial charge in [0.05, 0.1) is 7.11 Å². The first-order valence-electron chi connectivity index (χ1n) is 4.89. The molecule has 0 saturated carbocycles. The van der Waals surface area contributed by atoms with Crippen LogP contribution < -0.4 is 4.74 Å². The number of rotatable bonds is 2. The predicted molar refractivity (Wildman–Crippen MR) is 63.1 cm³/mol. The lowest BCUT2D eigenvalue weighted by Crippen LogP contribution is -1.86. The summed E-state index contributed by atoms with van der Waals surface area (Å²) in [6.45, 7) is 0. The van der Waals surface area contributed by atoms with E-state index in [0.717, 1.165) is 16.9 Å². The zero-order chi connectivity index (χ0) is 11.5. The largest absolute Gasteiger partial charge is 0.497 e. The number of methoxy groups -OCH3 is 1. The van der Waals surface area contributed by atoms with E-state index in [1.54, 1.807) is 11.8 Å². The van der Waals surface area contributed by atoms with E-state index in [-0.39, 0.29) is 0 Å². The number of hydrogen-bond acceptors (Lipinski definition) is 2. The van der Waals surface area contributed by atoms with Crippen molar-refractivity contribution in [3.05, 3.63) is 36.2 Å². The first-order chi connectivity index (χ1) is 7.74. The van der Waals surface area contributed by atoms with E-state index >= 15 is 0 Å². The van der Waals surface area contributed by atoms with Crippen LogP contribution in [-0.2, 0) is 7.05 Å². The van der Waals surface area contributed by atoms with E-state index in [0.29, 0.717) is 5.69 Å². The highest BCUT2D eigenvalue weighted by molar-refractivity contribution is 5.69. The average Bonchev–Trinajstić information content (AvgIpc) is 2.70. The molecular weight excluding hydrogens is 200 g/mol. The number of aromatic nitrogens is 2. The molecule has 0 atom stereocenters. The number of terminal acetylenes is 1. The standard InChI is InChI=1S/C13H12N2O/c1-4-13-12(9-15(2)14-13)10-5-7-11(16-3)8-6-10/h1,5-9H,2-3H3. The second kappa shape index (κ2) is 4.11. The first-order valence-corrected chi connectivity index (χ1v) is 4.89. The zero-order valence-electron chi connectivity index (χ0n) is 9.27. The monoisotopic (exact) mass is 212 g/mol.